The average molecular weight is 563 g/mol. The van der Waals surface area contributed by atoms with Gasteiger partial charge in [0.15, 0.2) is 6.61 Å². The molecular formula is C19H17BrClN3O6S2. The van der Waals surface area contributed by atoms with E-state index in [1.54, 1.807) is 18.2 Å². The summed E-state index contributed by atoms with van der Waals surface area (Å²) in [6.45, 7) is 0.486. The SMILES string of the molecule is C[C@H](O)[C@H](NS(=O)(=O)c1ccc(Cl)cc1)C(=O)OCC(=O)Nc1ccc(SC#N)cc1Br. The molecule has 0 aliphatic rings. The molecule has 0 aliphatic heterocycles. The maximum Gasteiger partial charge on any atom is 0.327 e. The van der Waals surface area contributed by atoms with Gasteiger partial charge in [-0.3, -0.25) is 9.59 Å². The molecule has 0 saturated carbocycles. The van der Waals surface area contributed by atoms with E-state index in [1.165, 1.54) is 31.2 Å². The summed E-state index contributed by atoms with van der Waals surface area (Å²) >= 11 is 9.96. The van der Waals surface area contributed by atoms with E-state index in [1.807, 2.05) is 5.40 Å². The van der Waals surface area contributed by atoms with E-state index < -0.39 is 40.7 Å². The fourth-order valence-electron chi connectivity index (χ4n) is 2.32. The number of ether oxygens (including phenoxy) is 1. The lowest BCUT2D eigenvalue weighted by Crippen LogP contribution is -2.48. The summed E-state index contributed by atoms with van der Waals surface area (Å²) in [5.41, 5.74) is 0.379. The molecule has 0 aliphatic carbocycles. The fraction of sp³-hybridized carbons (Fsp3) is 0.211. The molecule has 13 heteroatoms. The second-order valence-corrected chi connectivity index (χ2v) is 10.1. The van der Waals surface area contributed by atoms with Crippen molar-refractivity contribution in [3.63, 3.8) is 0 Å². The molecule has 0 saturated heterocycles. The number of carbonyl (C=O) groups excluding carboxylic acids is 2. The fourth-order valence-corrected chi connectivity index (χ4v) is 4.75. The van der Waals surface area contributed by atoms with E-state index in [0.29, 0.717) is 20.1 Å². The van der Waals surface area contributed by atoms with Crippen LogP contribution in [0.15, 0.2) is 56.7 Å². The number of halogens is 2. The van der Waals surface area contributed by atoms with Crippen LogP contribution in [0.2, 0.25) is 5.02 Å². The summed E-state index contributed by atoms with van der Waals surface area (Å²) in [5, 5.41) is 23.3. The highest BCUT2D eigenvalue weighted by Crippen LogP contribution is 2.28. The minimum absolute atomic E-state index is 0.166. The zero-order chi connectivity index (χ0) is 23.9. The molecular weight excluding hydrogens is 546 g/mol. The summed E-state index contributed by atoms with van der Waals surface area (Å²) in [5.74, 6) is -1.82. The number of carbonyl (C=O) groups is 2. The third kappa shape index (κ3) is 7.47. The molecule has 32 heavy (non-hydrogen) atoms. The molecule has 2 atom stereocenters. The summed E-state index contributed by atoms with van der Waals surface area (Å²) in [6.07, 6.45) is -1.44. The van der Waals surface area contributed by atoms with Gasteiger partial charge in [0.25, 0.3) is 5.91 Å². The number of rotatable bonds is 9. The second kappa shape index (κ2) is 11.6. The van der Waals surface area contributed by atoms with Crippen LogP contribution >= 0.6 is 39.3 Å². The van der Waals surface area contributed by atoms with Gasteiger partial charge in [0.1, 0.15) is 11.4 Å². The van der Waals surface area contributed by atoms with Crippen molar-refractivity contribution in [2.45, 2.75) is 28.9 Å². The number of hydrogen-bond donors (Lipinski definition) is 3. The summed E-state index contributed by atoms with van der Waals surface area (Å²) in [6, 6.07) is 8.36. The molecule has 9 nitrogen and oxygen atoms in total. The number of amides is 1. The van der Waals surface area contributed by atoms with Gasteiger partial charge in [0.2, 0.25) is 10.0 Å². The van der Waals surface area contributed by atoms with Crippen LogP contribution in [-0.2, 0) is 24.3 Å². The van der Waals surface area contributed by atoms with Crippen LogP contribution in [0.1, 0.15) is 6.92 Å². The number of esters is 1. The minimum atomic E-state index is -4.17. The smallest absolute Gasteiger partial charge is 0.327 e. The van der Waals surface area contributed by atoms with Crippen molar-refractivity contribution in [3.05, 3.63) is 52.0 Å². The number of sulfonamides is 1. The topological polar surface area (TPSA) is 146 Å². The number of anilines is 1. The number of aliphatic hydroxyl groups is 1. The van der Waals surface area contributed by atoms with Crippen molar-refractivity contribution in [2.75, 3.05) is 11.9 Å². The number of thiocyanates is 1. The Morgan fingerprint density at radius 3 is 2.50 bits per heavy atom. The summed E-state index contributed by atoms with van der Waals surface area (Å²) < 4.78 is 32.4. The maximum atomic E-state index is 12.5. The molecule has 2 aromatic carbocycles. The Bertz CT molecular complexity index is 1140. The lowest BCUT2D eigenvalue weighted by atomic mass is 10.2. The normalized spacial score (nSPS) is 13.0. The molecule has 0 spiro atoms. The third-order valence-electron chi connectivity index (χ3n) is 3.87. The van der Waals surface area contributed by atoms with Crippen molar-refractivity contribution >= 4 is 66.9 Å². The van der Waals surface area contributed by atoms with Gasteiger partial charge in [-0.2, -0.15) is 9.98 Å². The number of nitriles is 1. The van der Waals surface area contributed by atoms with Gasteiger partial charge in [-0.1, -0.05) is 11.6 Å². The number of aliphatic hydroxyl groups excluding tert-OH is 1. The van der Waals surface area contributed by atoms with Gasteiger partial charge >= 0.3 is 5.97 Å². The predicted octanol–water partition coefficient (Wildman–Crippen LogP) is 2.89. The summed E-state index contributed by atoms with van der Waals surface area (Å²) in [7, 11) is -4.17. The van der Waals surface area contributed by atoms with E-state index in [2.05, 4.69) is 26.0 Å². The first-order valence-electron chi connectivity index (χ1n) is 8.81. The monoisotopic (exact) mass is 561 g/mol. The summed E-state index contributed by atoms with van der Waals surface area (Å²) in [4.78, 5) is 25.0. The standard InChI is InChI=1S/C19H17BrClN3O6S2/c1-11(25)18(24-32(28,29)14-5-2-12(21)3-6-14)19(27)30-9-17(26)23-16-7-4-13(31-10-22)8-15(16)20/h2-8,11,18,24-25H,9H2,1H3,(H,23,26)/t11-,18-/m0/s1. The molecule has 0 unspecified atom stereocenters. The Morgan fingerprint density at radius 2 is 1.94 bits per heavy atom. The number of benzene rings is 2. The first-order valence-corrected chi connectivity index (χ1v) is 12.3. The van der Waals surface area contributed by atoms with Crippen molar-refractivity contribution in [1.29, 1.82) is 5.26 Å². The van der Waals surface area contributed by atoms with Crippen molar-refractivity contribution < 1.29 is 27.9 Å². The van der Waals surface area contributed by atoms with Crippen LogP contribution < -0.4 is 10.0 Å². The van der Waals surface area contributed by atoms with E-state index in [-0.39, 0.29) is 4.90 Å². The third-order valence-corrected chi connectivity index (χ3v) is 6.81. The molecule has 1 amide bonds. The molecule has 0 radical (unpaired) electrons. The highest BCUT2D eigenvalue weighted by atomic mass is 79.9. The Labute approximate surface area is 202 Å². The highest BCUT2D eigenvalue weighted by Gasteiger charge is 2.31. The first-order chi connectivity index (χ1) is 15.0. The van der Waals surface area contributed by atoms with Gasteiger partial charge in [0, 0.05) is 14.4 Å². The molecule has 2 aromatic rings. The van der Waals surface area contributed by atoms with Crippen LogP contribution in [0.3, 0.4) is 0 Å². The lowest BCUT2D eigenvalue weighted by molar-refractivity contribution is -0.151. The number of nitrogens with zero attached hydrogens (tertiary/aromatic N) is 1. The van der Waals surface area contributed by atoms with E-state index in [9.17, 15) is 23.1 Å². The van der Waals surface area contributed by atoms with E-state index in [4.69, 9.17) is 21.6 Å². The Hall–Kier alpha value is -2.14. The highest BCUT2D eigenvalue weighted by molar-refractivity contribution is 9.10. The van der Waals surface area contributed by atoms with Crippen LogP contribution in [0, 0.1) is 10.7 Å². The van der Waals surface area contributed by atoms with Crippen LogP contribution in [0.4, 0.5) is 5.69 Å². The number of thioether (sulfide) groups is 1. The van der Waals surface area contributed by atoms with Crippen molar-refractivity contribution in [2.24, 2.45) is 0 Å². The molecule has 0 bridgehead atoms. The Kier molecular flexibility index (Phi) is 9.50. The maximum absolute atomic E-state index is 12.5. The van der Waals surface area contributed by atoms with Crippen LogP contribution in [-0.4, -0.2) is 44.2 Å². The Morgan fingerprint density at radius 1 is 1.28 bits per heavy atom. The number of nitrogens with one attached hydrogen (secondary N) is 2. The van der Waals surface area contributed by atoms with Gasteiger partial charge in [0.05, 0.1) is 16.7 Å². The van der Waals surface area contributed by atoms with Gasteiger partial charge in [-0.05, 0) is 77.1 Å². The largest absolute Gasteiger partial charge is 0.454 e. The molecule has 3 N–H and O–H groups in total. The Balaban J connectivity index is 2.00. The zero-order valence-electron chi connectivity index (χ0n) is 16.4. The van der Waals surface area contributed by atoms with Gasteiger partial charge < -0.3 is 15.2 Å². The second-order valence-electron chi connectivity index (χ2n) is 6.28. The van der Waals surface area contributed by atoms with Crippen molar-refractivity contribution in [3.8, 4) is 5.40 Å². The zero-order valence-corrected chi connectivity index (χ0v) is 20.4. The van der Waals surface area contributed by atoms with E-state index >= 15 is 0 Å². The quantitative estimate of drug-likeness (QED) is 0.240. The van der Waals surface area contributed by atoms with Crippen LogP contribution in [0.25, 0.3) is 0 Å². The molecule has 0 fully saturated rings. The lowest BCUT2D eigenvalue weighted by Gasteiger charge is -2.20. The molecule has 170 valence electrons. The van der Waals surface area contributed by atoms with Gasteiger partial charge in [-0.15, -0.1) is 0 Å². The van der Waals surface area contributed by atoms with Gasteiger partial charge in [-0.25, -0.2) is 8.42 Å². The average Bonchev–Trinajstić information content (AvgIpc) is 2.72. The molecule has 0 heterocycles. The molecule has 2 rings (SSSR count). The molecule has 0 aromatic heterocycles. The minimum Gasteiger partial charge on any atom is -0.454 e. The number of hydrogen-bond acceptors (Lipinski definition) is 8. The predicted molar refractivity (Wildman–Crippen MR) is 122 cm³/mol. The van der Waals surface area contributed by atoms with Crippen LogP contribution in [0.5, 0.6) is 0 Å². The first kappa shape index (κ1) is 26.1. The van der Waals surface area contributed by atoms with Crippen molar-refractivity contribution in [1.82, 2.24) is 4.72 Å². The van der Waals surface area contributed by atoms with E-state index in [0.717, 1.165) is 11.8 Å².